The lowest BCUT2D eigenvalue weighted by molar-refractivity contribution is -0.384. The Labute approximate surface area is 152 Å². The van der Waals surface area contributed by atoms with Crippen molar-refractivity contribution in [3.63, 3.8) is 0 Å². The summed E-state index contributed by atoms with van der Waals surface area (Å²) in [5.74, 6) is 0. The van der Waals surface area contributed by atoms with Crippen LogP contribution < -0.4 is 0 Å². The van der Waals surface area contributed by atoms with E-state index in [-0.39, 0.29) is 32.0 Å². The van der Waals surface area contributed by atoms with Crippen molar-refractivity contribution < 1.29 is 30.1 Å². The summed E-state index contributed by atoms with van der Waals surface area (Å²) >= 11 is 0. The zero-order valence-corrected chi connectivity index (χ0v) is 15.9. The van der Waals surface area contributed by atoms with E-state index in [9.17, 15) is 26.9 Å². The fraction of sp³-hybridized carbons (Fsp3) is 0.429. The number of non-ortho nitro benzene ring substituents is 1. The van der Waals surface area contributed by atoms with Gasteiger partial charge in [0.05, 0.1) is 30.6 Å². The van der Waals surface area contributed by atoms with Crippen LogP contribution in [0.2, 0.25) is 0 Å². The molecule has 1 rings (SSSR count). The third-order valence-corrected chi connectivity index (χ3v) is 4.12. The van der Waals surface area contributed by atoms with Gasteiger partial charge in [0.2, 0.25) is 0 Å². The molecule has 0 aliphatic carbocycles. The number of nitrogens with zero attached hydrogens (tertiary/aromatic N) is 2. The molecule has 0 atom stereocenters. The lowest BCUT2D eigenvalue weighted by Crippen LogP contribution is -2.27. The number of nitro groups is 1. The van der Waals surface area contributed by atoms with Crippen molar-refractivity contribution in [2.75, 3.05) is 38.8 Å². The van der Waals surface area contributed by atoms with Gasteiger partial charge in [-0.1, -0.05) is 0 Å². The van der Waals surface area contributed by atoms with Gasteiger partial charge in [-0.15, -0.1) is 0 Å². The Hall–Kier alpha value is -2.02. The highest BCUT2D eigenvalue weighted by Crippen LogP contribution is 2.13. The zero-order valence-electron chi connectivity index (χ0n) is 14.3. The van der Waals surface area contributed by atoms with Crippen LogP contribution in [0.4, 0.5) is 5.69 Å². The van der Waals surface area contributed by atoms with Crippen molar-refractivity contribution >= 4 is 32.0 Å². The summed E-state index contributed by atoms with van der Waals surface area (Å²) in [6.45, 7) is 0.0952. The van der Waals surface area contributed by atoms with Crippen molar-refractivity contribution in [3.05, 3.63) is 46.1 Å². The molecular formula is C14H20N2O8S2. The van der Waals surface area contributed by atoms with E-state index < -0.39 is 25.2 Å². The summed E-state index contributed by atoms with van der Waals surface area (Å²) < 4.78 is 53.4. The summed E-state index contributed by atoms with van der Waals surface area (Å²) in [6.07, 6.45) is 5.09. The van der Waals surface area contributed by atoms with Crippen molar-refractivity contribution in [2.45, 2.75) is 0 Å². The molecule has 0 radical (unpaired) electrons. The van der Waals surface area contributed by atoms with Gasteiger partial charge in [0.1, 0.15) is 0 Å². The molecule has 10 nitrogen and oxygen atoms in total. The van der Waals surface area contributed by atoms with Gasteiger partial charge < -0.3 is 4.90 Å². The second-order valence-corrected chi connectivity index (χ2v) is 8.54. The topological polar surface area (TPSA) is 133 Å². The Balaban J connectivity index is 2.73. The second kappa shape index (κ2) is 9.62. The highest BCUT2D eigenvalue weighted by molar-refractivity contribution is 7.86. The number of benzene rings is 1. The van der Waals surface area contributed by atoms with Crippen molar-refractivity contribution in [3.8, 4) is 0 Å². The molecule has 12 heteroatoms. The smallest absolute Gasteiger partial charge is 0.269 e. The van der Waals surface area contributed by atoms with Crippen molar-refractivity contribution in [1.82, 2.24) is 4.90 Å². The first-order valence-electron chi connectivity index (χ1n) is 7.32. The summed E-state index contributed by atoms with van der Waals surface area (Å²) in [7, 11) is -7.17. The van der Waals surface area contributed by atoms with E-state index >= 15 is 0 Å². The van der Waals surface area contributed by atoms with E-state index in [1.807, 2.05) is 0 Å². The minimum absolute atomic E-state index is 0.0397. The Morgan fingerprint density at radius 3 is 1.85 bits per heavy atom. The molecule has 0 aromatic heterocycles. The molecule has 0 saturated heterocycles. The van der Waals surface area contributed by atoms with E-state index in [0.29, 0.717) is 5.56 Å². The third kappa shape index (κ3) is 10.1. The van der Waals surface area contributed by atoms with Gasteiger partial charge >= 0.3 is 0 Å². The van der Waals surface area contributed by atoms with Crippen LogP contribution in [0.25, 0.3) is 6.08 Å². The Morgan fingerprint density at radius 2 is 1.46 bits per heavy atom. The van der Waals surface area contributed by atoms with Crippen LogP contribution in [0.15, 0.2) is 30.5 Å². The van der Waals surface area contributed by atoms with E-state index in [0.717, 1.165) is 12.5 Å². The van der Waals surface area contributed by atoms with E-state index in [4.69, 9.17) is 0 Å². The maximum Gasteiger partial charge on any atom is 0.269 e. The molecule has 0 spiro atoms. The van der Waals surface area contributed by atoms with Gasteiger partial charge in [-0.3, -0.25) is 18.5 Å². The molecule has 0 heterocycles. The standard InChI is InChI=1S/C14H20N2O8S2/c1-25(19,20)23-11-9-15(10-12-24-26(2,21)22)8-7-13-3-5-14(6-4-13)16(17)18/h3-8H,9-12H2,1-2H3/b8-7-. The van der Waals surface area contributed by atoms with Gasteiger partial charge in [-0.25, -0.2) is 0 Å². The van der Waals surface area contributed by atoms with Gasteiger partial charge in [0.25, 0.3) is 25.9 Å². The number of hydrogen-bond acceptors (Lipinski definition) is 9. The Morgan fingerprint density at radius 1 is 1.00 bits per heavy atom. The molecule has 0 aliphatic rings. The Bertz CT molecular complexity index is 794. The SMILES string of the molecule is CS(=O)(=O)OCCN(/C=C\c1ccc([N+](=O)[O-])cc1)CCOS(C)(=O)=O. The minimum Gasteiger partial charge on any atom is -0.373 e. The molecular weight excluding hydrogens is 388 g/mol. The fourth-order valence-electron chi connectivity index (χ4n) is 1.77. The normalized spacial score (nSPS) is 12.4. The second-order valence-electron chi connectivity index (χ2n) is 5.25. The van der Waals surface area contributed by atoms with Gasteiger partial charge in [0, 0.05) is 25.2 Å². The summed E-state index contributed by atoms with van der Waals surface area (Å²) in [4.78, 5) is 11.7. The monoisotopic (exact) mass is 408 g/mol. The van der Waals surface area contributed by atoms with Crippen molar-refractivity contribution in [2.24, 2.45) is 0 Å². The minimum atomic E-state index is -3.59. The zero-order chi connectivity index (χ0) is 19.8. The highest BCUT2D eigenvalue weighted by atomic mass is 32.2. The summed E-state index contributed by atoms with van der Waals surface area (Å²) in [5, 5.41) is 10.6. The molecule has 0 N–H and O–H groups in total. The molecule has 0 saturated carbocycles. The number of hydrogen-bond donors (Lipinski definition) is 0. The van der Waals surface area contributed by atoms with Crippen LogP contribution >= 0.6 is 0 Å². The average molecular weight is 408 g/mol. The molecule has 0 unspecified atom stereocenters. The van der Waals surface area contributed by atoms with Crippen LogP contribution in [0.5, 0.6) is 0 Å². The lowest BCUT2D eigenvalue weighted by Gasteiger charge is -2.19. The van der Waals surface area contributed by atoms with Crippen LogP contribution in [-0.4, -0.2) is 65.5 Å². The molecule has 0 fully saturated rings. The number of rotatable bonds is 11. The van der Waals surface area contributed by atoms with Gasteiger partial charge in [0.15, 0.2) is 0 Å². The average Bonchev–Trinajstić information content (AvgIpc) is 2.50. The largest absolute Gasteiger partial charge is 0.373 e. The van der Waals surface area contributed by atoms with Crippen LogP contribution in [-0.2, 0) is 28.6 Å². The number of nitro benzene ring substituents is 1. The first-order valence-corrected chi connectivity index (χ1v) is 10.9. The fourth-order valence-corrected chi connectivity index (χ4v) is 2.53. The quantitative estimate of drug-likeness (QED) is 0.296. The Kier molecular flexibility index (Phi) is 8.14. The molecule has 1 aromatic rings. The van der Waals surface area contributed by atoms with E-state index in [1.165, 1.54) is 12.1 Å². The highest BCUT2D eigenvalue weighted by Gasteiger charge is 2.07. The van der Waals surface area contributed by atoms with Crippen LogP contribution in [0.3, 0.4) is 0 Å². The predicted molar refractivity (Wildman–Crippen MR) is 95.3 cm³/mol. The molecule has 1 aromatic carbocycles. The summed E-state index contributed by atoms with van der Waals surface area (Å²) in [6, 6.07) is 5.80. The predicted octanol–water partition coefficient (Wildman–Crippen LogP) is 0.820. The molecule has 0 amide bonds. The first-order chi connectivity index (χ1) is 12.0. The van der Waals surface area contributed by atoms with E-state index in [1.54, 1.807) is 29.3 Å². The third-order valence-electron chi connectivity index (χ3n) is 2.93. The molecule has 0 bridgehead atoms. The molecule has 146 valence electrons. The first kappa shape index (κ1) is 22.0. The summed E-state index contributed by atoms with van der Waals surface area (Å²) in [5.41, 5.74) is 0.635. The lowest BCUT2D eigenvalue weighted by atomic mass is 10.2. The van der Waals surface area contributed by atoms with Crippen molar-refractivity contribution in [1.29, 1.82) is 0 Å². The van der Waals surface area contributed by atoms with Crippen LogP contribution in [0.1, 0.15) is 5.56 Å². The van der Waals surface area contributed by atoms with Gasteiger partial charge in [-0.05, 0) is 30.0 Å². The van der Waals surface area contributed by atoms with E-state index in [2.05, 4.69) is 8.37 Å². The van der Waals surface area contributed by atoms with Crippen LogP contribution in [0, 0.1) is 10.1 Å². The maximum atomic E-state index is 11.0. The molecule has 26 heavy (non-hydrogen) atoms. The van der Waals surface area contributed by atoms with Gasteiger partial charge in [-0.2, -0.15) is 16.8 Å². The molecule has 0 aliphatic heterocycles. The maximum absolute atomic E-state index is 11.0.